The second kappa shape index (κ2) is 5.92. The van der Waals surface area contributed by atoms with Gasteiger partial charge in [-0.3, -0.25) is 10.8 Å². The van der Waals surface area contributed by atoms with Crippen LogP contribution in [0.15, 0.2) is 34.9 Å². The van der Waals surface area contributed by atoms with Crippen molar-refractivity contribution in [2.75, 3.05) is 0 Å². The largest absolute Gasteiger partial charge is 0.271 e. The van der Waals surface area contributed by atoms with Gasteiger partial charge in [-0.25, -0.2) is 14.2 Å². The zero-order valence-corrected chi connectivity index (χ0v) is 11.8. The van der Waals surface area contributed by atoms with Crippen molar-refractivity contribution in [2.45, 2.75) is 6.04 Å². The van der Waals surface area contributed by atoms with Crippen molar-refractivity contribution in [2.24, 2.45) is 5.84 Å². The van der Waals surface area contributed by atoms with Gasteiger partial charge >= 0.3 is 0 Å². The lowest BCUT2D eigenvalue weighted by Gasteiger charge is -2.17. The summed E-state index contributed by atoms with van der Waals surface area (Å²) < 4.78 is 27.4. The van der Waals surface area contributed by atoms with Crippen molar-refractivity contribution in [1.29, 1.82) is 0 Å². The second-order valence-electron chi connectivity index (χ2n) is 3.77. The van der Waals surface area contributed by atoms with Crippen LogP contribution in [-0.4, -0.2) is 4.98 Å². The van der Waals surface area contributed by atoms with E-state index in [-0.39, 0.29) is 10.6 Å². The molecule has 0 saturated carbocycles. The van der Waals surface area contributed by atoms with Gasteiger partial charge in [0.2, 0.25) is 0 Å². The van der Waals surface area contributed by atoms with Crippen LogP contribution >= 0.6 is 27.5 Å². The molecule has 1 atom stereocenters. The number of benzene rings is 1. The van der Waals surface area contributed by atoms with Crippen molar-refractivity contribution in [1.82, 2.24) is 10.4 Å². The van der Waals surface area contributed by atoms with Crippen molar-refractivity contribution in [3.05, 3.63) is 62.8 Å². The molecule has 3 N–H and O–H groups in total. The molecule has 1 unspecified atom stereocenters. The van der Waals surface area contributed by atoms with Gasteiger partial charge in [-0.15, -0.1) is 0 Å². The average molecular weight is 349 g/mol. The second-order valence-corrected chi connectivity index (χ2v) is 5.00. The van der Waals surface area contributed by atoms with Crippen molar-refractivity contribution in [3.8, 4) is 0 Å². The Kier molecular flexibility index (Phi) is 4.46. The van der Waals surface area contributed by atoms with Gasteiger partial charge in [-0.05, 0) is 34.1 Å². The molecule has 1 heterocycles. The number of rotatable bonds is 3. The first-order valence-electron chi connectivity index (χ1n) is 5.25. The van der Waals surface area contributed by atoms with Crippen LogP contribution in [-0.2, 0) is 0 Å². The summed E-state index contributed by atoms with van der Waals surface area (Å²) in [6, 6.07) is 5.07. The summed E-state index contributed by atoms with van der Waals surface area (Å²) in [5.74, 6) is 4.34. The summed E-state index contributed by atoms with van der Waals surface area (Å²) in [7, 11) is 0. The van der Waals surface area contributed by atoms with Crippen LogP contribution in [0.4, 0.5) is 8.78 Å². The van der Waals surface area contributed by atoms with Gasteiger partial charge in [-0.2, -0.15) is 0 Å². The molecule has 0 radical (unpaired) electrons. The Balaban J connectivity index is 2.48. The zero-order valence-electron chi connectivity index (χ0n) is 9.50. The third-order valence-electron chi connectivity index (χ3n) is 2.59. The van der Waals surface area contributed by atoms with E-state index in [1.807, 2.05) is 0 Å². The number of aromatic nitrogens is 1. The van der Waals surface area contributed by atoms with E-state index < -0.39 is 17.7 Å². The number of nitrogens with two attached hydrogens (primary N) is 1. The molecule has 2 aromatic rings. The third kappa shape index (κ3) is 2.92. The van der Waals surface area contributed by atoms with Crippen molar-refractivity contribution >= 4 is 27.5 Å². The Morgan fingerprint density at radius 1 is 1.26 bits per heavy atom. The Hall–Kier alpha value is -1.08. The molecule has 1 aromatic heterocycles. The number of nitrogens with one attached hydrogen (secondary N) is 1. The Morgan fingerprint density at radius 3 is 2.58 bits per heavy atom. The molecular formula is C12H9BrClF2N3. The van der Waals surface area contributed by atoms with Gasteiger partial charge in [0, 0.05) is 10.0 Å². The van der Waals surface area contributed by atoms with Gasteiger partial charge in [-0.1, -0.05) is 17.7 Å². The molecule has 1 aromatic carbocycles. The van der Waals surface area contributed by atoms with E-state index in [1.54, 1.807) is 6.07 Å². The van der Waals surface area contributed by atoms with Gasteiger partial charge in [0.25, 0.3) is 0 Å². The predicted molar refractivity (Wildman–Crippen MR) is 72.5 cm³/mol. The number of pyridine rings is 1. The molecule has 19 heavy (non-hydrogen) atoms. The molecule has 0 fully saturated rings. The van der Waals surface area contributed by atoms with E-state index in [4.69, 9.17) is 17.4 Å². The number of hydrazine groups is 1. The van der Waals surface area contributed by atoms with E-state index >= 15 is 0 Å². The van der Waals surface area contributed by atoms with Crippen LogP contribution in [0.1, 0.15) is 17.3 Å². The minimum absolute atomic E-state index is 0.0418. The smallest absolute Gasteiger partial charge is 0.148 e. The molecule has 0 spiro atoms. The quantitative estimate of drug-likeness (QED) is 0.508. The Labute approximate surface area is 121 Å². The molecule has 0 saturated heterocycles. The lowest BCUT2D eigenvalue weighted by Crippen LogP contribution is -2.30. The van der Waals surface area contributed by atoms with Crippen LogP contribution in [0.25, 0.3) is 0 Å². The standard InChI is InChI=1S/C12H9BrClF2N3/c13-8-3-2-7(11(16)10(8)14)12(19-17)9-4-1-6(15)5-18-9/h1-5,12,19H,17H2. The maximum atomic E-state index is 14.1. The minimum atomic E-state index is -0.716. The first kappa shape index (κ1) is 14.3. The number of hydrogen-bond acceptors (Lipinski definition) is 3. The molecule has 2 rings (SSSR count). The Bertz CT molecular complexity index is 592. The van der Waals surface area contributed by atoms with E-state index in [1.165, 1.54) is 18.2 Å². The Morgan fingerprint density at radius 2 is 2.00 bits per heavy atom. The van der Waals surface area contributed by atoms with Gasteiger partial charge in [0.15, 0.2) is 0 Å². The van der Waals surface area contributed by atoms with E-state index in [2.05, 4.69) is 26.3 Å². The number of halogens is 4. The fraction of sp³-hybridized carbons (Fsp3) is 0.0833. The van der Waals surface area contributed by atoms with E-state index in [9.17, 15) is 8.78 Å². The number of nitrogens with zero attached hydrogens (tertiary/aromatic N) is 1. The van der Waals surface area contributed by atoms with E-state index in [0.717, 1.165) is 6.20 Å². The maximum Gasteiger partial charge on any atom is 0.148 e. The molecule has 0 bridgehead atoms. The molecule has 0 aliphatic rings. The first-order valence-corrected chi connectivity index (χ1v) is 6.42. The highest BCUT2D eigenvalue weighted by Gasteiger charge is 2.20. The molecule has 0 aliphatic carbocycles. The number of hydrogen-bond donors (Lipinski definition) is 2. The van der Waals surface area contributed by atoms with Crippen LogP contribution in [0.2, 0.25) is 5.02 Å². The minimum Gasteiger partial charge on any atom is -0.271 e. The summed E-state index contributed by atoms with van der Waals surface area (Å²) in [5.41, 5.74) is 3.06. The highest BCUT2D eigenvalue weighted by atomic mass is 79.9. The molecule has 3 nitrogen and oxygen atoms in total. The molecule has 0 amide bonds. The highest BCUT2D eigenvalue weighted by molar-refractivity contribution is 9.10. The zero-order chi connectivity index (χ0) is 14.0. The normalized spacial score (nSPS) is 12.5. The van der Waals surface area contributed by atoms with Gasteiger partial charge in [0.1, 0.15) is 11.6 Å². The topological polar surface area (TPSA) is 50.9 Å². The maximum absolute atomic E-state index is 14.1. The highest BCUT2D eigenvalue weighted by Crippen LogP contribution is 2.32. The molecule has 0 aliphatic heterocycles. The summed E-state index contributed by atoms with van der Waals surface area (Å²) in [6.45, 7) is 0. The first-order chi connectivity index (χ1) is 9.04. The molecular weight excluding hydrogens is 340 g/mol. The molecule has 100 valence electrons. The van der Waals surface area contributed by atoms with Crippen LogP contribution in [0, 0.1) is 11.6 Å². The SMILES string of the molecule is NNC(c1ccc(F)cn1)c1ccc(Br)c(Cl)c1F. The van der Waals surface area contributed by atoms with Crippen molar-refractivity contribution < 1.29 is 8.78 Å². The fourth-order valence-electron chi connectivity index (χ4n) is 1.66. The average Bonchev–Trinajstić information content (AvgIpc) is 2.41. The lowest BCUT2D eigenvalue weighted by atomic mass is 10.0. The van der Waals surface area contributed by atoms with Gasteiger partial charge < -0.3 is 0 Å². The van der Waals surface area contributed by atoms with E-state index in [0.29, 0.717) is 10.2 Å². The monoisotopic (exact) mass is 347 g/mol. The molecule has 7 heteroatoms. The third-order valence-corrected chi connectivity index (χ3v) is 3.85. The van der Waals surface area contributed by atoms with Crippen molar-refractivity contribution in [3.63, 3.8) is 0 Å². The summed E-state index contributed by atoms with van der Waals surface area (Å²) in [4.78, 5) is 3.88. The lowest BCUT2D eigenvalue weighted by molar-refractivity contribution is 0.549. The summed E-state index contributed by atoms with van der Waals surface area (Å²) >= 11 is 8.95. The fourth-order valence-corrected chi connectivity index (χ4v) is 2.13. The van der Waals surface area contributed by atoms with Gasteiger partial charge in [0.05, 0.1) is 23.0 Å². The van der Waals surface area contributed by atoms with Crippen LogP contribution in [0.5, 0.6) is 0 Å². The van der Waals surface area contributed by atoms with Crippen LogP contribution < -0.4 is 11.3 Å². The summed E-state index contributed by atoms with van der Waals surface area (Å²) in [5, 5.41) is -0.0418. The predicted octanol–water partition coefficient (Wildman–Crippen LogP) is 3.33. The summed E-state index contributed by atoms with van der Waals surface area (Å²) in [6.07, 6.45) is 1.04. The van der Waals surface area contributed by atoms with Crippen LogP contribution in [0.3, 0.4) is 0 Å².